The average molecular weight is 162 g/mol. The van der Waals surface area contributed by atoms with Crippen LogP contribution in [-0.4, -0.2) is 5.92 Å². The van der Waals surface area contributed by atoms with Crippen LogP contribution in [0.3, 0.4) is 0 Å². The predicted molar refractivity (Wildman–Crippen MR) is 43.9 cm³/mol. The van der Waals surface area contributed by atoms with Gasteiger partial charge in [0, 0.05) is 12.8 Å². The third-order valence-corrected chi connectivity index (χ3v) is 1.52. The van der Waals surface area contributed by atoms with E-state index in [1.807, 2.05) is 26.0 Å². The van der Waals surface area contributed by atoms with Crippen LogP contribution < -0.4 is 0 Å². The van der Waals surface area contributed by atoms with E-state index in [-0.39, 0.29) is 12.8 Å². The summed E-state index contributed by atoms with van der Waals surface area (Å²) in [7, 11) is 0. The molecule has 0 radical (unpaired) electrons. The number of halogens is 2. The van der Waals surface area contributed by atoms with Crippen LogP contribution >= 0.6 is 0 Å². The fraction of sp³-hybridized carbons (Fsp3) is 0.778. The minimum absolute atomic E-state index is 0.0312. The molecule has 0 saturated carbocycles. The molecule has 11 heavy (non-hydrogen) atoms. The van der Waals surface area contributed by atoms with E-state index < -0.39 is 5.92 Å². The zero-order valence-corrected chi connectivity index (χ0v) is 7.24. The molecule has 0 aliphatic heterocycles. The van der Waals surface area contributed by atoms with Crippen LogP contribution in [0.2, 0.25) is 0 Å². The van der Waals surface area contributed by atoms with Gasteiger partial charge in [-0.25, -0.2) is 8.78 Å². The molecule has 0 N–H and O–H groups in total. The maximum atomic E-state index is 12.4. The lowest BCUT2D eigenvalue weighted by atomic mass is 10.1. The second-order valence-electron chi connectivity index (χ2n) is 2.40. The first-order valence-electron chi connectivity index (χ1n) is 4.23. The zero-order chi connectivity index (χ0) is 8.74. The van der Waals surface area contributed by atoms with Gasteiger partial charge in [0.05, 0.1) is 0 Å². The van der Waals surface area contributed by atoms with Crippen LogP contribution in [0, 0.1) is 0 Å². The van der Waals surface area contributed by atoms with Crippen molar-refractivity contribution in [3.05, 3.63) is 12.2 Å². The van der Waals surface area contributed by atoms with E-state index in [0.717, 1.165) is 0 Å². The summed E-state index contributed by atoms with van der Waals surface area (Å²) in [6.45, 7) is 4.00. The minimum atomic E-state index is -2.40. The monoisotopic (exact) mass is 162 g/mol. The molecule has 66 valence electrons. The number of hydrogen-bond acceptors (Lipinski definition) is 0. The molecule has 2 heteroatoms. The lowest BCUT2D eigenvalue weighted by Gasteiger charge is -2.11. The molecular formula is C9H16F2. The molecule has 1 rings (SSSR count). The summed E-state index contributed by atoms with van der Waals surface area (Å²) in [5.74, 6) is -2.40. The van der Waals surface area contributed by atoms with E-state index in [4.69, 9.17) is 0 Å². The Kier molecular flexibility index (Phi) is 5.08. The van der Waals surface area contributed by atoms with Crippen LogP contribution in [0.5, 0.6) is 0 Å². The molecule has 0 aromatic heterocycles. The Labute approximate surface area is 67.3 Å². The largest absolute Gasteiger partial charge is 0.248 e. The Bertz CT molecular complexity index is 105. The maximum absolute atomic E-state index is 12.4. The number of allylic oxidation sites excluding steroid dienone is 2. The van der Waals surface area contributed by atoms with Crippen LogP contribution in [-0.2, 0) is 0 Å². The molecular weight excluding hydrogens is 146 g/mol. The van der Waals surface area contributed by atoms with E-state index in [1.165, 1.54) is 0 Å². The van der Waals surface area contributed by atoms with Crippen molar-refractivity contribution in [2.24, 2.45) is 0 Å². The van der Waals surface area contributed by atoms with Crippen molar-refractivity contribution in [1.82, 2.24) is 0 Å². The Morgan fingerprint density at radius 1 is 1.00 bits per heavy atom. The minimum Gasteiger partial charge on any atom is -0.207 e. The average Bonchev–Trinajstić information content (AvgIpc) is 2.17. The third-order valence-electron chi connectivity index (χ3n) is 1.52. The van der Waals surface area contributed by atoms with Gasteiger partial charge >= 0.3 is 0 Å². The molecule has 0 fully saturated rings. The standard InChI is InChI=1S/C7H10F2.C2H6/c8-7(9)5-3-1-2-4-6-7;1-2/h1-2H,3-6H2;1-2H3. The lowest BCUT2D eigenvalue weighted by Crippen LogP contribution is -2.13. The molecule has 0 saturated heterocycles. The first-order valence-corrected chi connectivity index (χ1v) is 4.23. The molecule has 0 amide bonds. The van der Waals surface area contributed by atoms with Gasteiger partial charge in [-0.3, -0.25) is 0 Å². The van der Waals surface area contributed by atoms with Crippen LogP contribution in [0.4, 0.5) is 8.78 Å². The summed E-state index contributed by atoms with van der Waals surface area (Å²) in [5.41, 5.74) is 0. The molecule has 0 bridgehead atoms. The topological polar surface area (TPSA) is 0 Å². The quantitative estimate of drug-likeness (QED) is 0.475. The molecule has 0 unspecified atom stereocenters. The second kappa shape index (κ2) is 5.28. The maximum Gasteiger partial charge on any atom is 0.248 e. The first kappa shape index (κ1) is 10.6. The van der Waals surface area contributed by atoms with Crippen molar-refractivity contribution in [3.8, 4) is 0 Å². The second-order valence-corrected chi connectivity index (χ2v) is 2.40. The van der Waals surface area contributed by atoms with Gasteiger partial charge in [0.2, 0.25) is 5.92 Å². The van der Waals surface area contributed by atoms with Crippen LogP contribution in [0.1, 0.15) is 39.5 Å². The van der Waals surface area contributed by atoms with Crippen molar-refractivity contribution >= 4 is 0 Å². The molecule has 1 aliphatic rings. The fourth-order valence-electron chi connectivity index (χ4n) is 0.950. The van der Waals surface area contributed by atoms with E-state index in [2.05, 4.69) is 0 Å². The molecule has 0 aromatic carbocycles. The van der Waals surface area contributed by atoms with Gasteiger partial charge in [0.15, 0.2) is 0 Å². The van der Waals surface area contributed by atoms with Gasteiger partial charge in [0.1, 0.15) is 0 Å². The summed E-state index contributed by atoms with van der Waals surface area (Å²) < 4.78 is 24.8. The van der Waals surface area contributed by atoms with Gasteiger partial charge in [0.25, 0.3) is 0 Å². The van der Waals surface area contributed by atoms with Crippen molar-refractivity contribution < 1.29 is 8.78 Å². The van der Waals surface area contributed by atoms with Crippen LogP contribution in [0.15, 0.2) is 12.2 Å². The highest BCUT2D eigenvalue weighted by molar-refractivity contribution is 4.89. The summed E-state index contributed by atoms with van der Waals surface area (Å²) >= 11 is 0. The van der Waals surface area contributed by atoms with E-state index in [9.17, 15) is 8.78 Å². The molecule has 0 nitrogen and oxygen atoms in total. The predicted octanol–water partition coefficient (Wildman–Crippen LogP) is 3.78. The van der Waals surface area contributed by atoms with Crippen molar-refractivity contribution in [1.29, 1.82) is 0 Å². The van der Waals surface area contributed by atoms with Crippen LogP contribution in [0.25, 0.3) is 0 Å². The van der Waals surface area contributed by atoms with E-state index in [0.29, 0.717) is 12.8 Å². The summed E-state index contributed by atoms with van der Waals surface area (Å²) in [6, 6.07) is 0. The van der Waals surface area contributed by atoms with Gasteiger partial charge in [-0.15, -0.1) is 0 Å². The van der Waals surface area contributed by atoms with Crippen molar-refractivity contribution in [3.63, 3.8) is 0 Å². The highest BCUT2D eigenvalue weighted by Gasteiger charge is 2.27. The normalized spacial score (nSPS) is 21.5. The Balaban J connectivity index is 0.000000461. The summed E-state index contributed by atoms with van der Waals surface area (Å²) in [4.78, 5) is 0. The third kappa shape index (κ3) is 4.93. The van der Waals surface area contributed by atoms with E-state index in [1.54, 1.807) is 0 Å². The molecule has 0 spiro atoms. The van der Waals surface area contributed by atoms with Gasteiger partial charge < -0.3 is 0 Å². The summed E-state index contributed by atoms with van der Waals surface area (Å²) in [6.07, 6.45) is 4.80. The number of hydrogen-bond donors (Lipinski definition) is 0. The smallest absolute Gasteiger partial charge is 0.207 e. The Hall–Kier alpha value is -0.400. The van der Waals surface area contributed by atoms with Gasteiger partial charge in [-0.2, -0.15) is 0 Å². The number of alkyl halides is 2. The summed E-state index contributed by atoms with van der Waals surface area (Å²) in [5, 5.41) is 0. The Morgan fingerprint density at radius 3 is 1.73 bits per heavy atom. The number of rotatable bonds is 0. The van der Waals surface area contributed by atoms with Gasteiger partial charge in [-0.1, -0.05) is 26.0 Å². The first-order chi connectivity index (χ1) is 5.21. The SMILES string of the molecule is CC.FC1(F)CCC=CCC1. The Morgan fingerprint density at radius 2 is 1.36 bits per heavy atom. The molecule has 1 aliphatic carbocycles. The lowest BCUT2D eigenvalue weighted by molar-refractivity contribution is -0.0124. The molecule has 0 atom stereocenters. The zero-order valence-electron chi connectivity index (χ0n) is 7.24. The fourth-order valence-corrected chi connectivity index (χ4v) is 0.950. The highest BCUT2D eigenvalue weighted by atomic mass is 19.3. The van der Waals surface area contributed by atoms with E-state index >= 15 is 0 Å². The van der Waals surface area contributed by atoms with Crippen molar-refractivity contribution in [2.45, 2.75) is 45.5 Å². The highest BCUT2D eigenvalue weighted by Crippen LogP contribution is 2.28. The molecule has 0 heterocycles. The van der Waals surface area contributed by atoms with Crippen molar-refractivity contribution in [2.75, 3.05) is 0 Å². The van der Waals surface area contributed by atoms with Gasteiger partial charge in [-0.05, 0) is 12.8 Å². The molecule has 0 aromatic rings.